The van der Waals surface area contributed by atoms with E-state index in [-0.39, 0.29) is 9.80 Å². The van der Waals surface area contributed by atoms with Crippen LogP contribution < -0.4 is 5.32 Å². The van der Waals surface area contributed by atoms with Crippen LogP contribution in [0.4, 0.5) is 4.79 Å². The number of fused-ring (bicyclic) bond motifs is 3. The number of benzene rings is 2. The third-order valence-electron chi connectivity index (χ3n) is 4.17. The standard InChI is InChI=1S/C18H17NO6S/c1-18(2,16(20)21)19-17(22)25-10-12-9-14-13-6-4-3-5-11(13)7-8-15(14)26(12,23)24/h3-9H,10H2,1-2H3,(H,19,22)(H,20,21). The molecule has 26 heavy (non-hydrogen) atoms. The maximum absolute atomic E-state index is 12.7. The molecule has 1 aliphatic heterocycles. The monoisotopic (exact) mass is 375 g/mol. The number of alkyl carbamates (subject to hydrolysis) is 1. The summed E-state index contributed by atoms with van der Waals surface area (Å²) >= 11 is 0. The molecule has 0 spiro atoms. The highest BCUT2D eigenvalue weighted by Gasteiger charge is 2.33. The summed E-state index contributed by atoms with van der Waals surface area (Å²) < 4.78 is 30.2. The lowest BCUT2D eigenvalue weighted by Crippen LogP contribution is -2.49. The number of carbonyl (C=O) groups excluding carboxylic acids is 1. The molecule has 0 saturated carbocycles. The fraction of sp³-hybridized carbons (Fsp3) is 0.222. The highest BCUT2D eigenvalue weighted by Crippen LogP contribution is 2.37. The predicted octanol–water partition coefficient (Wildman–Crippen LogP) is 2.56. The van der Waals surface area contributed by atoms with E-state index < -0.39 is 34.0 Å². The summed E-state index contributed by atoms with van der Waals surface area (Å²) in [6.45, 7) is 2.11. The Balaban J connectivity index is 1.84. The second-order valence-corrected chi connectivity index (χ2v) is 8.41. The van der Waals surface area contributed by atoms with Crippen molar-refractivity contribution in [2.45, 2.75) is 24.3 Å². The number of carboxylic acid groups (broad SMARTS) is 1. The highest BCUT2D eigenvalue weighted by molar-refractivity contribution is 7.95. The van der Waals surface area contributed by atoms with Crippen molar-refractivity contribution in [3.63, 3.8) is 0 Å². The number of nitrogens with one attached hydrogen (secondary N) is 1. The molecule has 2 aromatic rings. The molecule has 0 atom stereocenters. The van der Waals surface area contributed by atoms with Crippen LogP contribution in [0.15, 0.2) is 46.2 Å². The molecule has 0 aliphatic carbocycles. The third kappa shape index (κ3) is 3.03. The summed E-state index contributed by atoms with van der Waals surface area (Å²) in [6, 6.07) is 10.6. The average Bonchev–Trinajstić information content (AvgIpc) is 2.83. The maximum atomic E-state index is 12.7. The normalized spacial score (nSPS) is 15.2. The minimum absolute atomic E-state index is 0.0489. The first-order chi connectivity index (χ1) is 12.1. The Morgan fingerprint density at radius 2 is 1.85 bits per heavy atom. The van der Waals surface area contributed by atoms with Crippen molar-refractivity contribution in [2.75, 3.05) is 6.61 Å². The van der Waals surface area contributed by atoms with Crippen LogP contribution in [0.1, 0.15) is 19.4 Å². The Bertz CT molecular complexity index is 1050. The van der Waals surface area contributed by atoms with Crippen LogP contribution in [-0.2, 0) is 19.4 Å². The Hall–Kier alpha value is -2.87. The van der Waals surface area contributed by atoms with Crippen molar-refractivity contribution < 1.29 is 27.9 Å². The molecule has 0 saturated heterocycles. The zero-order chi connectivity index (χ0) is 19.1. The van der Waals surface area contributed by atoms with Gasteiger partial charge in [0, 0.05) is 5.56 Å². The van der Waals surface area contributed by atoms with Crippen molar-refractivity contribution in [1.82, 2.24) is 5.32 Å². The molecule has 2 N–H and O–H groups in total. The number of carboxylic acids is 1. The van der Waals surface area contributed by atoms with E-state index in [9.17, 15) is 18.0 Å². The van der Waals surface area contributed by atoms with Crippen molar-refractivity contribution in [1.29, 1.82) is 0 Å². The second-order valence-electron chi connectivity index (χ2n) is 6.44. The molecule has 2 aromatic carbocycles. The molecule has 7 nitrogen and oxygen atoms in total. The number of hydrogen-bond donors (Lipinski definition) is 2. The molecular weight excluding hydrogens is 358 g/mol. The number of rotatable bonds is 4. The van der Waals surface area contributed by atoms with Gasteiger partial charge in [-0.1, -0.05) is 30.3 Å². The Kier molecular flexibility index (Phi) is 4.23. The van der Waals surface area contributed by atoms with E-state index in [0.717, 1.165) is 10.8 Å². The SMILES string of the molecule is CC(C)(NC(=O)OCC1=Cc2c(ccc3ccccc23)S1(=O)=O)C(=O)O. The zero-order valence-corrected chi connectivity index (χ0v) is 15.0. The average molecular weight is 375 g/mol. The van der Waals surface area contributed by atoms with Crippen molar-refractivity contribution >= 4 is 38.7 Å². The van der Waals surface area contributed by atoms with Gasteiger partial charge in [0.05, 0.1) is 9.80 Å². The summed E-state index contributed by atoms with van der Waals surface area (Å²) in [7, 11) is -3.75. The summed E-state index contributed by atoms with van der Waals surface area (Å²) in [5.41, 5.74) is -0.966. The molecule has 1 heterocycles. The fourth-order valence-corrected chi connectivity index (χ4v) is 4.11. The summed E-state index contributed by atoms with van der Waals surface area (Å²) in [4.78, 5) is 22.9. The van der Waals surface area contributed by atoms with Gasteiger partial charge in [-0.25, -0.2) is 18.0 Å². The first-order valence-corrected chi connectivity index (χ1v) is 9.27. The first kappa shape index (κ1) is 17.9. The fourth-order valence-electron chi connectivity index (χ4n) is 2.64. The molecule has 0 bridgehead atoms. The number of amides is 1. The van der Waals surface area contributed by atoms with E-state index in [4.69, 9.17) is 9.84 Å². The first-order valence-electron chi connectivity index (χ1n) is 7.79. The van der Waals surface area contributed by atoms with E-state index >= 15 is 0 Å². The van der Waals surface area contributed by atoms with Gasteiger partial charge in [-0.3, -0.25) is 0 Å². The topological polar surface area (TPSA) is 110 Å². The predicted molar refractivity (Wildman–Crippen MR) is 95.3 cm³/mol. The summed E-state index contributed by atoms with van der Waals surface area (Å²) in [5.74, 6) is -1.24. The molecule has 8 heteroatoms. The van der Waals surface area contributed by atoms with E-state index in [1.807, 2.05) is 24.3 Å². The van der Waals surface area contributed by atoms with E-state index in [2.05, 4.69) is 5.32 Å². The van der Waals surface area contributed by atoms with Crippen molar-refractivity contribution in [2.24, 2.45) is 0 Å². The molecule has 0 aromatic heterocycles. The number of sulfone groups is 1. The van der Waals surface area contributed by atoms with Crippen molar-refractivity contribution in [3.05, 3.63) is 46.9 Å². The van der Waals surface area contributed by atoms with E-state index in [1.165, 1.54) is 26.0 Å². The highest BCUT2D eigenvalue weighted by atomic mass is 32.2. The molecule has 0 radical (unpaired) electrons. The maximum Gasteiger partial charge on any atom is 0.408 e. The van der Waals surface area contributed by atoms with Crippen molar-refractivity contribution in [3.8, 4) is 0 Å². The zero-order valence-electron chi connectivity index (χ0n) is 14.1. The van der Waals surface area contributed by atoms with Gasteiger partial charge in [-0.15, -0.1) is 0 Å². The molecule has 136 valence electrons. The number of ether oxygens (including phenoxy) is 1. The van der Waals surface area contributed by atoms with Gasteiger partial charge in [0.2, 0.25) is 9.84 Å². The lowest BCUT2D eigenvalue weighted by atomic mass is 10.0. The Labute approximate surface area is 150 Å². The quantitative estimate of drug-likeness (QED) is 0.850. The number of hydrogen-bond acceptors (Lipinski definition) is 5. The van der Waals surface area contributed by atoms with E-state index in [1.54, 1.807) is 6.07 Å². The van der Waals surface area contributed by atoms with Gasteiger partial charge in [0.1, 0.15) is 12.1 Å². The van der Waals surface area contributed by atoms with Crippen LogP contribution in [0.2, 0.25) is 0 Å². The van der Waals surface area contributed by atoms with Gasteiger partial charge in [0.25, 0.3) is 0 Å². The molecule has 1 aliphatic rings. The largest absolute Gasteiger partial charge is 0.480 e. The minimum Gasteiger partial charge on any atom is -0.480 e. The molecule has 1 amide bonds. The molecular formula is C18H17NO6S. The van der Waals surface area contributed by atoms with Gasteiger partial charge in [-0.05, 0) is 36.8 Å². The van der Waals surface area contributed by atoms with Crippen LogP contribution in [0.5, 0.6) is 0 Å². The van der Waals surface area contributed by atoms with Crippen LogP contribution in [0.3, 0.4) is 0 Å². The number of aliphatic carboxylic acids is 1. The lowest BCUT2D eigenvalue weighted by molar-refractivity contribution is -0.143. The van der Waals surface area contributed by atoms with Crippen LogP contribution >= 0.6 is 0 Å². The third-order valence-corrected chi connectivity index (χ3v) is 6.03. The van der Waals surface area contributed by atoms with Crippen LogP contribution in [0, 0.1) is 0 Å². The second kappa shape index (κ2) is 6.14. The van der Waals surface area contributed by atoms with Gasteiger partial charge < -0.3 is 15.2 Å². The summed E-state index contributed by atoms with van der Waals surface area (Å²) in [6.07, 6.45) is 0.483. The molecule has 0 fully saturated rings. The Morgan fingerprint density at radius 1 is 1.15 bits per heavy atom. The van der Waals surface area contributed by atoms with Crippen LogP contribution in [-0.4, -0.2) is 37.7 Å². The summed E-state index contributed by atoms with van der Waals surface area (Å²) in [5, 5.41) is 12.9. The van der Waals surface area contributed by atoms with Gasteiger partial charge in [0.15, 0.2) is 0 Å². The van der Waals surface area contributed by atoms with Crippen LogP contribution in [0.25, 0.3) is 16.8 Å². The Morgan fingerprint density at radius 3 is 2.54 bits per heavy atom. The van der Waals surface area contributed by atoms with Gasteiger partial charge >= 0.3 is 12.1 Å². The van der Waals surface area contributed by atoms with Gasteiger partial charge in [-0.2, -0.15) is 0 Å². The lowest BCUT2D eigenvalue weighted by Gasteiger charge is -2.20. The minimum atomic E-state index is -3.75. The van der Waals surface area contributed by atoms with E-state index in [0.29, 0.717) is 5.56 Å². The molecule has 0 unspecified atom stereocenters. The number of carbonyl (C=O) groups is 2. The molecule has 3 rings (SSSR count). The smallest absolute Gasteiger partial charge is 0.408 e.